The zero-order chi connectivity index (χ0) is 11.1. The summed E-state index contributed by atoms with van der Waals surface area (Å²) >= 11 is 0. The SMILES string of the molecule is NC(=O)c1ccn2c1ccc1cncnc12. The van der Waals surface area contributed by atoms with Crippen LogP contribution in [0.1, 0.15) is 10.4 Å². The summed E-state index contributed by atoms with van der Waals surface area (Å²) in [5, 5.41) is 0.918. The second-order valence-corrected chi connectivity index (χ2v) is 3.48. The molecule has 0 fully saturated rings. The third-order valence-electron chi connectivity index (χ3n) is 2.56. The molecule has 78 valence electrons. The first kappa shape index (κ1) is 8.84. The highest BCUT2D eigenvalue weighted by molar-refractivity contribution is 6.01. The molecule has 5 heteroatoms. The minimum atomic E-state index is -0.434. The molecule has 0 saturated heterocycles. The molecule has 3 aromatic heterocycles. The normalized spacial score (nSPS) is 11.0. The van der Waals surface area contributed by atoms with E-state index in [-0.39, 0.29) is 0 Å². The Balaban J connectivity index is 2.49. The van der Waals surface area contributed by atoms with E-state index in [0.29, 0.717) is 5.56 Å². The van der Waals surface area contributed by atoms with Gasteiger partial charge in [0.25, 0.3) is 5.91 Å². The minimum absolute atomic E-state index is 0.434. The highest BCUT2D eigenvalue weighted by Gasteiger charge is 2.09. The maximum Gasteiger partial charge on any atom is 0.250 e. The number of hydrogen-bond donors (Lipinski definition) is 1. The van der Waals surface area contributed by atoms with E-state index in [1.165, 1.54) is 6.33 Å². The van der Waals surface area contributed by atoms with Gasteiger partial charge in [-0.2, -0.15) is 0 Å². The molecule has 5 nitrogen and oxygen atoms in total. The van der Waals surface area contributed by atoms with Gasteiger partial charge in [-0.3, -0.25) is 4.79 Å². The van der Waals surface area contributed by atoms with Crippen LogP contribution in [0.3, 0.4) is 0 Å². The van der Waals surface area contributed by atoms with Crippen LogP contribution in [0, 0.1) is 0 Å². The van der Waals surface area contributed by atoms with E-state index in [0.717, 1.165) is 16.6 Å². The molecule has 3 aromatic rings. The molecular formula is C11H8N4O. The third-order valence-corrected chi connectivity index (χ3v) is 2.56. The third kappa shape index (κ3) is 1.08. The predicted molar refractivity (Wildman–Crippen MR) is 59.0 cm³/mol. The molecule has 0 aliphatic carbocycles. The van der Waals surface area contributed by atoms with E-state index in [1.807, 2.05) is 16.5 Å². The number of carbonyl (C=O) groups is 1. The van der Waals surface area contributed by atoms with E-state index in [2.05, 4.69) is 9.97 Å². The Bertz CT molecular complexity index is 701. The first-order chi connectivity index (χ1) is 7.77. The number of hydrogen-bond acceptors (Lipinski definition) is 3. The lowest BCUT2D eigenvalue weighted by molar-refractivity contribution is 0.100. The summed E-state index contributed by atoms with van der Waals surface area (Å²) in [6.45, 7) is 0. The molecule has 3 heterocycles. The predicted octanol–water partition coefficient (Wildman–Crippen LogP) is 0.981. The minimum Gasteiger partial charge on any atom is -0.366 e. The van der Waals surface area contributed by atoms with Crippen LogP contribution in [0.25, 0.3) is 16.6 Å². The number of fused-ring (bicyclic) bond motifs is 3. The van der Waals surface area contributed by atoms with Gasteiger partial charge in [-0.25, -0.2) is 9.97 Å². The topological polar surface area (TPSA) is 73.3 Å². The van der Waals surface area contributed by atoms with Gasteiger partial charge in [0.1, 0.15) is 12.0 Å². The van der Waals surface area contributed by atoms with Crippen molar-refractivity contribution in [2.45, 2.75) is 0 Å². The van der Waals surface area contributed by atoms with Gasteiger partial charge in [0.15, 0.2) is 0 Å². The van der Waals surface area contributed by atoms with Crippen LogP contribution in [0.2, 0.25) is 0 Å². The second-order valence-electron chi connectivity index (χ2n) is 3.48. The van der Waals surface area contributed by atoms with E-state index in [4.69, 9.17) is 5.73 Å². The first-order valence-electron chi connectivity index (χ1n) is 4.77. The molecule has 0 aliphatic rings. The molecular weight excluding hydrogens is 204 g/mol. The summed E-state index contributed by atoms with van der Waals surface area (Å²) in [4.78, 5) is 19.3. The maximum atomic E-state index is 11.2. The van der Waals surface area contributed by atoms with Gasteiger partial charge in [0, 0.05) is 17.8 Å². The number of primary amides is 1. The van der Waals surface area contributed by atoms with Crippen LogP contribution in [-0.4, -0.2) is 20.3 Å². The number of amides is 1. The Morgan fingerprint density at radius 3 is 3.00 bits per heavy atom. The molecule has 1 amide bonds. The Labute approximate surface area is 90.5 Å². The molecule has 0 saturated carbocycles. The van der Waals surface area contributed by atoms with Crippen molar-refractivity contribution < 1.29 is 4.79 Å². The van der Waals surface area contributed by atoms with Crippen molar-refractivity contribution in [3.8, 4) is 0 Å². The summed E-state index contributed by atoms with van der Waals surface area (Å²) in [5.74, 6) is -0.434. The molecule has 0 unspecified atom stereocenters. The van der Waals surface area contributed by atoms with E-state index < -0.39 is 5.91 Å². The fourth-order valence-electron chi connectivity index (χ4n) is 1.83. The van der Waals surface area contributed by atoms with Crippen LogP contribution in [0.4, 0.5) is 0 Å². The lowest BCUT2D eigenvalue weighted by Gasteiger charge is -2.01. The van der Waals surface area contributed by atoms with Gasteiger partial charge in [0.2, 0.25) is 0 Å². The van der Waals surface area contributed by atoms with Crippen molar-refractivity contribution in [2.24, 2.45) is 5.73 Å². The van der Waals surface area contributed by atoms with Crippen molar-refractivity contribution in [3.05, 3.63) is 42.5 Å². The lowest BCUT2D eigenvalue weighted by atomic mass is 10.2. The highest BCUT2D eigenvalue weighted by atomic mass is 16.1. The second kappa shape index (κ2) is 3.03. The number of rotatable bonds is 1. The molecule has 16 heavy (non-hydrogen) atoms. The fourth-order valence-corrected chi connectivity index (χ4v) is 1.83. The van der Waals surface area contributed by atoms with Gasteiger partial charge in [-0.1, -0.05) is 0 Å². The lowest BCUT2D eigenvalue weighted by Crippen LogP contribution is -2.10. The van der Waals surface area contributed by atoms with Crippen LogP contribution in [0.5, 0.6) is 0 Å². The summed E-state index contributed by atoms with van der Waals surface area (Å²) in [7, 11) is 0. The summed E-state index contributed by atoms with van der Waals surface area (Å²) < 4.78 is 1.83. The van der Waals surface area contributed by atoms with E-state index >= 15 is 0 Å². The van der Waals surface area contributed by atoms with Crippen LogP contribution in [-0.2, 0) is 0 Å². The summed E-state index contributed by atoms with van der Waals surface area (Å²) in [5.41, 5.74) is 7.31. The average molecular weight is 212 g/mol. The number of aromatic nitrogens is 3. The zero-order valence-corrected chi connectivity index (χ0v) is 8.29. The molecule has 0 atom stereocenters. The molecule has 0 bridgehead atoms. The Morgan fingerprint density at radius 1 is 1.31 bits per heavy atom. The fraction of sp³-hybridized carbons (Fsp3) is 0. The van der Waals surface area contributed by atoms with Gasteiger partial charge >= 0.3 is 0 Å². The monoisotopic (exact) mass is 212 g/mol. The van der Waals surface area contributed by atoms with Crippen molar-refractivity contribution in [3.63, 3.8) is 0 Å². The Hall–Kier alpha value is -2.43. The zero-order valence-electron chi connectivity index (χ0n) is 8.29. The number of nitrogens with two attached hydrogens (primary N) is 1. The molecule has 3 rings (SSSR count). The van der Waals surface area contributed by atoms with Gasteiger partial charge in [-0.05, 0) is 18.2 Å². The first-order valence-corrected chi connectivity index (χ1v) is 4.77. The number of pyridine rings is 1. The largest absolute Gasteiger partial charge is 0.366 e. The van der Waals surface area contributed by atoms with Crippen molar-refractivity contribution in [2.75, 3.05) is 0 Å². The molecule has 0 aliphatic heterocycles. The molecule has 0 spiro atoms. The van der Waals surface area contributed by atoms with Crippen molar-refractivity contribution >= 4 is 22.5 Å². The highest BCUT2D eigenvalue weighted by Crippen LogP contribution is 2.18. The van der Waals surface area contributed by atoms with E-state index in [9.17, 15) is 4.79 Å². The standard InChI is InChI=1S/C11H8N4O/c12-10(16)8-3-4-15-9(8)2-1-7-5-13-6-14-11(7)15/h1-6H,(H2,12,16). The Kier molecular flexibility index (Phi) is 1.67. The van der Waals surface area contributed by atoms with Gasteiger partial charge in [-0.15, -0.1) is 0 Å². The number of carbonyl (C=O) groups excluding carboxylic acids is 1. The van der Waals surface area contributed by atoms with Crippen LogP contribution >= 0.6 is 0 Å². The average Bonchev–Trinajstić information content (AvgIpc) is 2.73. The quantitative estimate of drug-likeness (QED) is 0.653. The molecule has 2 N–H and O–H groups in total. The molecule has 0 radical (unpaired) electrons. The van der Waals surface area contributed by atoms with Crippen LogP contribution in [0.15, 0.2) is 36.9 Å². The smallest absolute Gasteiger partial charge is 0.250 e. The van der Waals surface area contributed by atoms with Gasteiger partial charge < -0.3 is 10.1 Å². The van der Waals surface area contributed by atoms with Crippen LogP contribution < -0.4 is 5.73 Å². The molecule has 0 aromatic carbocycles. The van der Waals surface area contributed by atoms with Crippen molar-refractivity contribution in [1.29, 1.82) is 0 Å². The number of nitrogens with zero attached hydrogens (tertiary/aromatic N) is 3. The maximum absolute atomic E-state index is 11.2. The Morgan fingerprint density at radius 2 is 2.19 bits per heavy atom. The summed E-state index contributed by atoms with van der Waals surface area (Å²) in [6, 6.07) is 5.40. The summed E-state index contributed by atoms with van der Waals surface area (Å²) in [6.07, 6.45) is 4.99. The van der Waals surface area contributed by atoms with Gasteiger partial charge in [0.05, 0.1) is 11.1 Å². The van der Waals surface area contributed by atoms with E-state index in [1.54, 1.807) is 18.5 Å². The van der Waals surface area contributed by atoms with Crippen molar-refractivity contribution in [1.82, 2.24) is 14.4 Å².